The lowest BCUT2D eigenvalue weighted by molar-refractivity contribution is 0.00881. The predicted molar refractivity (Wildman–Crippen MR) is 99.4 cm³/mol. The summed E-state index contributed by atoms with van der Waals surface area (Å²) in [6.07, 6.45) is 1.95. The van der Waals surface area contributed by atoms with Crippen molar-refractivity contribution >= 4 is 6.03 Å². The van der Waals surface area contributed by atoms with E-state index in [1.165, 1.54) is 0 Å². The lowest BCUT2D eigenvalue weighted by atomic mass is 9.87. The summed E-state index contributed by atoms with van der Waals surface area (Å²) in [6.45, 7) is 7.41. The van der Waals surface area contributed by atoms with Crippen LogP contribution in [0.5, 0.6) is 0 Å². The van der Waals surface area contributed by atoms with E-state index in [0.29, 0.717) is 13.1 Å². The van der Waals surface area contributed by atoms with Crippen molar-refractivity contribution < 1.29 is 14.6 Å². The molecule has 0 radical (unpaired) electrons. The van der Waals surface area contributed by atoms with Crippen LogP contribution < -0.4 is 5.32 Å². The minimum Gasteiger partial charge on any atom is -0.388 e. The smallest absolute Gasteiger partial charge is 0.317 e. The topological polar surface area (TPSA) is 61.8 Å². The molecule has 5 nitrogen and oxygen atoms in total. The molecule has 0 aromatic heterocycles. The Morgan fingerprint density at radius 2 is 1.92 bits per heavy atom. The van der Waals surface area contributed by atoms with E-state index in [1.807, 2.05) is 56.0 Å². The molecule has 1 aliphatic rings. The molecule has 0 bridgehead atoms. The highest BCUT2D eigenvalue weighted by Crippen LogP contribution is 2.30. The third kappa shape index (κ3) is 5.72. The van der Waals surface area contributed by atoms with Crippen LogP contribution in [0.25, 0.3) is 0 Å². The standard InChI is InChI=1S/C20H32N2O3/c1-15(14-20(2,3)25-4)21-19(24)22-12-10-17(11-13-22)18(23)16-8-6-5-7-9-16/h5-9,15,17-18,23H,10-14H2,1-4H3,(H,21,24). The van der Waals surface area contributed by atoms with Crippen LogP contribution in [0.1, 0.15) is 51.7 Å². The first-order chi connectivity index (χ1) is 11.8. The van der Waals surface area contributed by atoms with Crippen LogP contribution in [0.4, 0.5) is 4.79 Å². The van der Waals surface area contributed by atoms with Crippen LogP contribution >= 0.6 is 0 Å². The second-order valence-electron chi connectivity index (χ2n) is 7.70. The summed E-state index contributed by atoms with van der Waals surface area (Å²) in [5.41, 5.74) is 0.709. The first-order valence-corrected chi connectivity index (χ1v) is 9.16. The van der Waals surface area contributed by atoms with Crippen molar-refractivity contribution in [3.63, 3.8) is 0 Å². The van der Waals surface area contributed by atoms with E-state index in [0.717, 1.165) is 24.8 Å². The Bertz CT molecular complexity index is 539. The fraction of sp³-hybridized carbons (Fsp3) is 0.650. The molecule has 2 N–H and O–H groups in total. The summed E-state index contributed by atoms with van der Waals surface area (Å²) in [5.74, 6) is 0.205. The number of hydrogen-bond donors (Lipinski definition) is 2. The zero-order valence-corrected chi connectivity index (χ0v) is 15.9. The molecule has 1 aliphatic heterocycles. The number of rotatable bonds is 6. The van der Waals surface area contributed by atoms with Crippen LogP contribution in [0.15, 0.2) is 30.3 Å². The van der Waals surface area contributed by atoms with E-state index < -0.39 is 6.10 Å². The van der Waals surface area contributed by atoms with Gasteiger partial charge in [-0.3, -0.25) is 0 Å². The molecule has 140 valence electrons. The Morgan fingerprint density at radius 3 is 2.48 bits per heavy atom. The number of nitrogens with one attached hydrogen (secondary N) is 1. The maximum absolute atomic E-state index is 12.4. The molecule has 0 spiro atoms. The highest BCUT2D eigenvalue weighted by atomic mass is 16.5. The molecule has 2 amide bonds. The maximum Gasteiger partial charge on any atom is 0.317 e. The lowest BCUT2D eigenvalue weighted by Crippen LogP contribution is -2.49. The molecule has 25 heavy (non-hydrogen) atoms. The number of aliphatic hydroxyl groups excluding tert-OH is 1. The first-order valence-electron chi connectivity index (χ1n) is 9.16. The molecule has 2 unspecified atom stereocenters. The number of hydrogen-bond acceptors (Lipinski definition) is 3. The number of aliphatic hydroxyl groups is 1. The molecule has 0 saturated carbocycles. The summed E-state index contributed by atoms with van der Waals surface area (Å²) in [7, 11) is 1.69. The Kier molecular flexibility index (Phi) is 6.85. The van der Waals surface area contributed by atoms with Gasteiger partial charge in [0, 0.05) is 26.2 Å². The van der Waals surface area contributed by atoms with Gasteiger partial charge in [-0.05, 0) is 51.5 Å². The van der Waals surface area contributed by atoms with E-state index in [9.17, 15) is 9.90 Å². The highest BCUT2D eigenvalue weighted by Gasteiger charge is 2.29. The molecule has 0 aliphatic carbocycles. The fourth-order valence-corrected chi connectivity index (χ4v) is 3.51. The third-order valence-electron chi connectivity index (χ3n) is 5.13. The van der Waals surface area contributed by atoms with Gasteiger partial charge in [0.2, 0.25) is 0 Å². The number of likely N-dealkylation sites (tertiary alicyclic amines) is 1. The van der Waals surface area contributed by atoms with Crippen LogP contribution in [-0.4, -0.2) is 47.9 Å². The predicted octanol–water partition coefficient (Wildman–Crippen LogP) is 3.35. The number of urea groups is 1. The van der Waals surface area contributed by atoms with E-state index in [-0.39, 0.29) is 23.6 Å². The zero-order chi connectivity index (χ0) is 18.4. The van der Waals surface area contributed by atoms with E-state index >= 15 is 0 Å². The molecular formula is C20H32N2O3. The Morgan fingerprint density at radius 1 is 1.32 bits per heavy atom. The first kappa shape index (κ1) is 19.7. The molecule has 1 fully saturated rings. The van der Waals surface area contributed by atoms with Gasteiger partial charge in [0.05, 0.1) is 11.7 Å². The number of piperidine rings is 1. The largest absolute Gasteiger partial charge is 0.388 e. The summed E-state index contributed by atoms with van der Waals surface area (Å²) in [4.78, 5) is 14.3. The van der Waals surface area contributed by atoms with Gasteiger partial charge in [0.15, 0.2) is 0 Å². The minimum atomic E-state index is -0.451. The van der Waals surface area contributed by atoms with Gasteiger partial charge in [-0.2, -0.15) is 0 Å². The van der Waals surface area contributed by atoms with Crippen LogP contribution in [0.3, 0.4) is 0 Å². The fourth-order valence-electron chi connectivity index (χ4n) is 3.51. The van der Waals surface area contributed by atoms with Gasteiger partial charge in [-0.25, -0.2) is 4.79 Å². The van der Waals surface area contributed by atoms with Gasteiger partial charge in [0.1, 0.15) is 0 Å². The molecule has 5 heteroatoms. The summed E-state index contributed by atoms with van der Waals surface area (Å²) >= 11 is 0. The number of nitrogens with zero attached hydrogens (tertiary/aromatic N) is 1. The summed E-state index contributed by atoms with van der Waals surface area (Å²) in [6, 6.07) is 9.80. The SMILES string of the molecule is COC(C)(C)CC(C)NC(=O)N1CCC(C(O)c2ccccc2)CC1. The van der Waals surface area contributed by atoms with E-state index in [4.69, 9.17) is 4.74 Å². The van der Waals surface area contributed by atoms with E-state index in [2.05, 4.69) is 5.32 Å². The van der Waals surface area contributed by atoms with E-state index in [1.54, 1.807) is 7.11 Å². The van der Waals surface area contributed by atoms with Gasteiger partial charge in [-0.15, -0.1) is 0 Å². The monoisotopic (exact) mass is 348 g/mol. The van der Waals surface area contributed by atoms with Crippen LogP contribution in [0, 0.1) is 5.92 Å². The number of carbonyl (C=O) groups excluding carboxylic acids is 1. The average molecular weight is 348 g/mol. The minimum absolute atomic E-state index is 0.0212. The molecule has 1 heterocycles. The Balaban J connectivity index is 1.80. The number of benzene rings is 1. The Hall–Kier alpha value is -1.59. The van der Waals surface area contributed by atoms with Crippen molar-refractivity contribution in [2.24, 2.45) is 5.92 Å². The quantitative estimate of drug-likeness (QED) is 0.829. The van der Waals surface area contributed by atoms with Crippen LogP contribution in [-0.2, 0) is 4.74 Å². The van der Waals surface area contributed by atoms with Crippen LogP contribution in [0.2, 0.25) is 0 Å². The number of carbonyl (C=O) groups is 1. The van der Waals surface area contributed by atoms with Crippen molar-refractivity contribution in [3.8, 4) is 0 Å². The van der Waals surface area contributed by atoms with Gasteiger partial charge >= 0.3 is 6.03 Å². The van der Waals surface area contributed by atoms with Gasteiger partial charge < -0.3 is 20.1 Å². The van der Waals surface area contributed by atoms with Crippen molar-refractivity contribution in [3.05, 3.63) is 35.9 Å². The number of methoxy groups -OCH3 is 1. The number of amides is 2. The lowest BCUT2D eigenvalue weighted by Gasteiger charge is -2.35. The molecular weight excluding hydrogens is 316 g/mol. The average Bonchev–Trinajstić information content (AvgIpc) is 2.61. The molecule has 1 saturated heterocycles. The van der Waals surface area contributed by atoms with Crippen molar-refractivity contribution in [1.82, 2.24) is 10.2 Å². The zero-order valence-electron chi connectivity index (χ0n) is 15.9. The van der Waals surface area contributed by atoms with Gasteiger partial charge in [0.25, 0.3) is 0 Å². The third-order valence-corrected chi connectivity index (χ3v) is 5.13. The van der Waals surface area contributed by atoms with Gasteiger partial charge in [-0.1, -0.05) is 30.3 Å². The number of ether oxygens (including phenoxy) is 1. The van der Waals surface area contributed by atoms with Crippen molar-refractivity contribution in [1.29, 1.82) is 0 Å². The maximum atomic E-state index is 12.4. The summed E-state index contributed by atoms with van der Waals surface area (Å²) in [5, 5.41) is 13.6. The molecule has 1 aromatic rings. The second kappa shape index (κ2) is 8.68. The molecule has 2 rings (SSSR count). The summed E-state index contributed by atoms with van der Waals surface area (Å²) < 4.78 is 5.43. The highest BCUT2D eigenvalue weighted by molar-refractivity contribution is 5.74. The second-order valence-corrected chi connectivity index (χ2v) is 7.70. The van der Waals surface area contributed by atoms with Crippen molar-refractivity contribution in [2.75, 3.05) is 20.2 Å². The molecule has 1 aromatic carbocycles. The normalized spacial score (nSPS) is 18.7. The Labute approximate surface area is 151 Å². The van der Waals surface area contributed by atoms with Crippen molar-refractivity contribution in [2.45, 2.75) is 57.8 Å². The molecule has 2 atom stereocenters.